The molecule has 1 atom stereocenters. The van der Waals surface area contributed by atoms with Crippen molar-refractivity contribution in [2.45, 2.75) is 30.3 Å². The van der Waals surface area contributed by atoms with E-state index in [1.54, 1.807) is 18.0 Å². The van der Waals surface area contributed by atoms with Crippen molar-refractivity contribution in [2.24, 2.45) is 0 Å². The van der Waals surface area contributed by atoms with E-state index < -0.39 is 0 Å². The topological polar surface area (TPSA) is 36.4 Å². The Hall–Kier alpha value is -1.85. The van der Waals surface area contributed by atoms with Crippen molar-refractivity contribution < 1.29 is 4.79 Å². The molecule has 1 unspecified atom stereocenters. The van der Waals surface area contributed by atoms with E-state index in [9.17, 15) is 4.79 Å². The van der Waals surface area contributed by atoms with Crippen LogP contribution in [-0.4, -0.2) is 47.1 Å². The summed E-state index contributed by atoms with van der Waals surface area (Å²) in [6, 6.07) is 12.1. The Labute approximate surface area is 154 Å². The highest BCUT2D eigenvalue weighted by Crippen LogP contribution is 2.27. The molecule has 3 rings (SSSR count). The van der Waals surface area contributed by atoms with Gasteiger partial charge < -0.3 is 4.90 Å². The van der Waals surface area contributed by atoms with Gasteiger partial charge in [-0.1, -0.05) is 18.2 Å². The highest BCUT2D eigenvalue weighted by molar-refractivity contribution is 7.98. The minimum atomic E-state index is -0.232. The normalized spacial score (nSPS) is 15.9. The Kier molecular flexibility index (Phi) is 6.10. The van der Waals surface area contributed by atoms with Gasteiger partial charge in [-0.05, 0) is 61.5 Å². The Morgan fingerprint density at radius 1 is 1.28 bits per heavy atom. The van der Waals surface area contributed by atoms with Gasteiger partial charge in [0.1, 0.15) is 6.04 Å². The number of benzene rings is 1. The summed E-state index contributed by atoms with van der Waals surface area (Å²) in [5.74, 6) is 0.143. The van der Waals surface area contributed by atoms with E-state index in [4.69, 9.17) is 0 Å². The minimum Gasteiger partial charge on any atom is -0.340 e. The van der Waals surface area contributed by atoms with Crippen molar-refractivity contribution in [3.05, 3.63) is 59.9 Å². The predicted molar refractivity (Wildman–Crippen MR) is 102 cm³/mol. The molecule has 4 nitrogen and oxygen atoms in total. The molecule has 0 spiro atoms. The number of likely N-dealkylation sites (tertiary alicyclic amines) is 1. The average molecular weight is 356 g/mol. The fraction of sp³-hybridized carbons (Fsp3) is 0.400. The van der Waals surface area contributed by atoms with Crippen molar-refractivity contribution >= 4 is 17.7 Å². The molecule has 1 amide bonds. The van der Waals surface area contributed by atoms with Crippen LogP contribution in [0.25, 0.3) is 0 Å². The van der Waals surface area contributed by atoms with Gasteiger partial charge >= 0.3 is 0 Å². The van der Waals surface area contributed by atoms with Crippen molar-refractivity contribution in [1.82, 2.24) is 14.8 Å². The molecule has 0 bridgehead atoms. The lowest BCUT2D eigenvalue weighted by molar-refractivity contribution is -0.136. The first-order valence-corrected chi connectivity index (χ1v) is 9.93. The maximum atomic E-state index is 13.2. The zero-order valence-corrected chi connectivity index (χ0v) is 15.7. The molecule has 0 saturated carbocycles. The Balaban J connectivity index is 1.79. The number of likely N-dealkylation sites (N-methyl/N-ethyl adjacent to an activating group) is 1. The second kappa shape index (κ2) is 8.50. The molecule has 132 valence electrons. The molecular weight excluding hydrogens is 330 g/mol. The van der Waals surface area contributed by atoms with Crippen LogP contribution in [0.15, 0.2) is 53.7 Å². The predicted octanol–water partition coefficient (Wildman–Crippen LogP) is 3.60. The molecule has 5 heteroatoms. The van der Waals surface area contributed by atoms with E-state index in [0.29, 0.717) is 6.54 Å². The van der Waals surface area contributed by atoms with Crippen LogP contribution in [0.1, 0.15) is 30.0 Å². The van der Waals surface area contributed by atoms with Crippen LogP contribution in [-0.2, 0) is 11.3 Å². The largest absolute Gasteiger partial charge is 0.340 e. The van der Waals surface area contributed by atoms with Crippen molar-refractivity contribution in [2.75, 3.05) is 26.4 Å². The molecule has 1 aliphatic rings. The van der Waals surface area contributed by atoms with Gasteiger partial charge in [-0.3, -0.25) is 14.7 Å². The summed E-state index contributed by atoms with van der Waals surface area (Å²) in [6.45, 7) is 2.57. The summed E-state index contributed by atoms with van der Waals surface area (Å²) in [6.07, 6.45) is 7.96. The van der Waals surface area contributed by atoms with E-state index >= 15 is 0 Å². The van der Waals surface area contributed by atoms with E-state index in [0.717, 1.165) is 37.1 Å². The molecule has 1 aromatic heterocycles. The molecule has 0 N–H and O–H groups in total. The molecular formula is C20H25N3OS. The number of hydrogen-bond acceptors (Lipinski definition) is 4. The zero-order chi connectivity index (χ0) is 17.6. The lowest BCUT2D eigenvalue weighted by Crippen LogP contribution is -2.40. The number of thioether (sulfide) groups is 1. The third-order valence-corrected chi connectivity index (χ3v) is 5.40. The standard InChI is InChI=1S/C20H25N3OS/c1-22(15-16-7-5-9-18(13-16)25-2)20(24)19(23-11-3-4-12-23)17-8-6-10-21-14-17/h5-10,13-14,19H,3-4,11-12,15H2,1-2H3. The highest BCUT2D eigenvalue weighted by atomic mass is 32.2. The maximum Gasteiger partial charge on any atom is 0.244 e. The summed E-state index contributed by atoms with van der Waals surface area (Å²) in [7, 11) is 1.90. The maximum absolute atomic E-state index is 13.2. The van der Waals surface area contributed by atoms with E-state index in [2.05, 4.69) is 40.4 Å². The van der Waals surface area contributed by atoms with Crippen molar-refractivity contribution in [1.29, 1.82) is 0 Å². The second-order valence-corrected chi connectivity index (χ2v) is 7.36. The zero-order valence-electron chi connectivity index (χ0n) is 14.9. The van der Waals surface area contributed by atoms with Gasteiger partial charge in [0.05, 0.1) is 0 Å². The first-order chi connectivity index (χ1) is 12.2. The third-order valence-electron chi connectivity index (χ3n) is 4.67. The first kappa shape index (κ1) is 18.0. The molecule has 0 aliphatic carbocycles. The SMILES string of the molecule is CSc1cccc(CN(C)C(=O)C(c2cccnc2)N2CCCC2)c1. The van der Waals surface area contributed by atoms with Gasteiger partial charge in [0.2, 0.25) is 5.91 Å². The number of carbonyl (C=O) groups is 1. The van der Waals surface area contributed by atoms with E-state index in [1.807, 2.05) is 30.3 Å². The second-order valence-electron chi connectivity index (χ2n) is 6.48. The minimum absolute atomic E-state index is 0.143. The summed E-state index contributed by atoms with van der Waals surface area (Å²) < 4.78 is 0. The molecule has 1 aromatic carbocycles. The summed E-state index contributed by atoms with van der Waals surface area (Å²) in [5, 5.41) is 0. The fourth-order valence-corrected chi connectivity index (χ4v) is 3.86. The highest BCUT2D eigenvalue weighted by Gasteiger charge is 2.31. The number of rotatable bonds is 6. The number of aromatic nitrogens is 1. The van der Waals surface area contributed by atoms with Gasteiger partial charge in [-0.25, -0.2) is 0 Å². The van der Waals surface area contributed by atoms with Gasteiger partial charge in [0, 0.05) is 30.9 Å². The van der Waals surface area contributed by atoms with Crippen molar-refractivity contribution in [3.63, 3.8) is 0 Å². The average Bonchev–Trinajstić information content (AvgIpc) is 3.17. The van der Waals surface area contributed by atoms with E-state index in [1.165, 1.54) is 4.90 Å². The molecule has 0 radical (unpaired) electrons. The third kappa shape index (κ3) is 4.41. The first-order valence-electron chi connectivity index (χ1n) is 8.71. The van der Waals surface area contributed by atoms with Crippen LogP contribution in [0.2, 0.25) is 0 Å². The summed E-state index contributed by atoms with van der Waals surface area (Å²) in [4.78, 5) is 22.8. The number of nitrogens with zero attached hydrogens (tertiary/aromatic N) is 3. The number of hydrogen-bond donors (Lipinski definition) is 0. The Morgan fingerprint density at radius 3 is 2.76 bits per heavy atom. The molecule has 2 aromatic rings. The number of amides is 1. The molecule has 1 aliphatic heterocycles. The molecule has 25 heavy (non-hydrogen) atoms. The van der Waals surface area contributed by atoms with Crippen LogP contribution in [0, 0.1) is 0 Å². The Bertz CT molecular complexity index is 701. The molecule has 2 heterocycles. The fourth-order valence-electron chi connectivity index (χ4n) is 3.38. The van der Waals surface area contributed by atoms with Crippen LogP contribution in [0.4, 0.5) is 0 Å². The quantitative estimate of drug-likeness (QED) is 0.742. The van der Waals surface area contributed by atoms with Gasteiger partial charge in [0.15, 0.2) is 0 Å². The van der Waals surface area contributed by atoms with Gasteiger partial charge in [0.25, 0.3) is 0 Å². The van der Waals surface area contributed by atoms with Gasteiger partial charge in [-0.2, -0.15) is 0 Å². The van der Waals surface area contributed by atoms with Crippen LogP contribution in [0.3, 0.4) is 0 Å². The monoisotopic (exact) mass is 355 g/mol. The number of pyridine rings is 1. The molecule has 1 saturated heterocycles. The van der Waals surface area contributed by atoms with Crippen LogP contribution >= 0.6 is 11.8 Å². The summed E-state index contributed by atoms with van der Waals surface area (Å²) >= 11 is 1.72. The lowest BCUT2D eigenvalue weighted by Gasteiger charge is -2.30. The lowest BCUT2D eigenvalue weighted by atomic mass is 10.1. The molecule has 1 fully saturated rings. The smallest absolute Gasteiger partial charge is 0.244 e. The van der Waals surface area contributed by atoms with Gasteiger partial charge in [-0.15, -0.1) is 11.8 Å². The van der Waals surface area contributed by atoms with Crippen LogP contribution < -0.4 is 0 Å². The summed E-state index contributed by atoms with van der Waals surface area (Å²) in [5.41, 5.74) is 2.15. The Morgan fingerprint density at radius 2 is 2.08 bits per heavy atom. The van der Waals surface area contributed by atoms with Crippen molar-refractivity contribution in [3.8, 4) is 0 Å². The number of carbonyl (C=O) groups excluding carboxylic acids is 1. The van der Waals surface area contributed by atoms with Crippen LogP contribution in [0.5, 0.6) is 0 Å². The van der Waals surface area contributed by atoms with E-state index in [-0.39, 0.29) is 11.9 Å².